The molecule has 2 aliphatic heterocycles. The molecule has 2 aromatic rings. The van der Waals surface area contributed by atoms with E-state index in [2.05, 4.69) is 15.3 Å². The first-order valence-electron chi connectivity index (χ1n) is 9.41. The average Bonchev–Trinajstić information content (AvgIpc) is 3.03. The summed E-state index contributed by atoms with van der Waals surface area (Å²) in [6.07, 6.45) is 1.61. The lowest BCUT2D eigenvalue weighted by Crippen LogP contribution is -2.54. The number of nitrogens with one attached hydrogen (secondary N) is 1. The fourth-order valence-electron chi connectivity index (χ4n) is 3.35. The molecule has 1 aromatic carbocycles. The number of hydrogen-bond donors (Lipinski definition) is 2. The Bertz CT molecular complexity index is 1010. The summed E-state index contributed by atoms with van der Waals surface area (Å²) in [5.41, 5.74) is -0.771. The Morgan fingerprint density at radius 2 is 2.07 bits per heavy atom. The zero-order chi connectivity index (χ0) is 21.3. The average molecular weight is 408 g/mol. The molecule has 2 fully saturated rings. The zero-order valence-electron chi connectivity index (χ0n) is 16.3. The number of carbonyl (C=O) groups excluding carboxylic acids is 2. The molecular formula is C20H20N6O4. The molecule has 2 N–H and O–H groups in total. The first kappa shape index (κ1) is 19.8. The number of hydrogen-bond acceptors (Lipinski definition) is 8. The maximum absolute atomic E-state index is 12.4. The molecular weight excluding hydrogens is 388 g/mol. The summed E-state index contributed by atoms with van der Waals surface area (Å²) < 4.78 is 5.19. The van der Waals surface area contributed by atoms with Crippen molar-refractivity contribution in [2.75, 3.05) is 37.0 Å². The van der Waals surface area contributed by atoms with Crippen LogP contribution in [-0.2, 0) is 9.53 Å². The lowest BCUT2D eigenvalue weighted by molar-refractivity contribution is -0.128. The van der Waals surface area contributed by atoms with Crippen molar-refractivity contribution in [2.45, 2.75) is 18.1 Å². The van der Waals surface area contributed by atoms with Crippen LogP contribution in [0.2, 0.25) is 0 Å². The highest BCUT2D eigenvalue weighted by Gasteiger charge is 2.46. The van der Waals surface area contributed by atoms with E-state index in [1.165, 1.54) is 17.2 Å². The third kappa shape index (κ3) is 3.56. The van der Waals surface area contributed by atoms with E-state index in [1.807, 2.05) is 0 Å². The van der Waals surface area contributed by atoms with Crippen molar-refractivity contribution in [3.8, 4) is 6.07 Å². The molecule has 10 nitrogen and oxygen atoms in total. The van der Waals surface area contributed by atoms with Crippen LogP contribution in [0.1, 0.15) is 16.8 Å². The zero-order valence-corrected chi connectivity index (χ0v) is 16.3. The van der Waals surface area contributed by atoms with Crippen molar-refractivity contribution in [3.05, 3.63) is 42.1 Å². The van der Waals surface area contributed by atoms with Crippen LogP contribution in [0.25, 0.3) is 0 Å². The number of benzene rings is 1. The maximum Gasteiger partial charge on any atom is 0.275 e. The fourth-order valence-corrected chi connectivity index (χ4v) is 3.35. The van der Waals surface area contributed by atoms with Crippen LogP contribution in [0.4, 0.5) is 17.5 Å². The standard InChI is InChI=1S/C20H20N6O4/c1-30-15-10-25(11-15)17(27)13-2-4-14(5-3-13)23-19-22-8-6-16(24-19)26-9-7-20(29,12-21)18(26)28/h2-6,8,15,29H,7,9-11H2,1H3,(H,22,23,24)/t20-/m0/s1. The second-order valence-corrected chi connectivity index (χ2v) is 7.19. The van der Waals surface area contributed by atoms with E-state index in [-0.39, 0.29) is 30.9 Å². The molecule has 1 atom stereocenters. The van der Waals surface area contributed by atoms with Gasteiger partial charge in [0.05, 0.1) is 6.10 Å². The van der Waals surface area contributed by atoms with Crippen LogP contribution in [0.15, 0.2) is 36.5 Å². The minimum atomic E-state index is -2.01. The number of amides is 2. The summed E-state index contributed by atoms with van der Waals surface area (Å²) in [4.78, 5) is 36.1. The first-order chi connectivity index (χ1) is 14.4. The number of nitrogens with zero attached hydrogens (tertiary/aromatic N) is 5. The van der Waals surface area contributed by atoms with E-state index in [1.54, 1.807) is 42.3 Å². The maximum atomic E-state index is 12.4. The van der Waals surface area contributed by atoms with Crippen molar-refractivity contribution in [2.24, 2.45) is 0 Å². The SMILES string of the molecule is COC1CN(C(=O)c2ccc(Nc3nccc(N4CC[C@](O)(C#N)C4=O)n3)cc2)C1. The predicted octanol–water partition coefficient (Wildman–Crippen LogP) is 0.682. The number of anilines is 3. The topological polar surface area (TPSA) is 132 Å². The van der Waals surface area contributed by atoms with Gasteiger partial charge >= 0.3 is 0 Å². The molecule has 0 unspecified atom stereocenters. The van der Waals surface area contributed by atoms with Gasteiger partial charge in [-0.05, 0) is 30.3 Å². The highest BCUT2D eigenvalue weighted by atomic mass is 16.5. The van der Waals surface area contributed by atoms with Gasteiger partial charge in [0.15, 0.2) is 0 Å². The highest BCUT2D eigenvalue weighted by Crippen LogP contribution is 2.27. The van der Waals surface area contributed by atoms with Gasteiger partial charge in [-0.2, -0.15) is 10.2 Å². The lowest BCUT2D eigenvalue weighted by Gasteiger charge is -2.38. The van der Waals surface area contributed by atoms with Crippen molar-refractivity contribution in [3.63, 3.8) is 0 Å². The third-order valence-electron chi connectivity index (χ3n) is 5.26. The Hall–Kier alpha value is -3.55. The lowest BCUT2D eigenvalue weighted by atomic mass is 10.1. The van der Waals surface area contributed by atoms with Gasteiger partial charge in [0.1, 0.15) is 11.9 Å². The number of carbonyl (C=O) groups is 2. The minimum Gasteiger partial charge on any atom is -0.378 e. The number of aromatic nitrogens is 2. The van der Waals surface area contributed by atoms with Crippen molar-refractivity contribution in [1.82, 2.24) is 14.9 Å². The molecule has 10 heteroatoms. The monoisotopic (exact) mass is 408 g/mol. The van der Waals surface area contributed by atoms with Crippen LogP contribution in [0.3, 0.4) is 0 Å². The van der Waals surface area contributed by atoms with Crippen LogP contribution in [0, 0.1) is 11.3 Å². The number of rotatable bonds is 5. The molecule has 0 bridgehead atoms. The van der Waals surface area contributed by atoms with Crippen LogP contribution in [-0.4, -0.2) is 70.2 Å². The number of nitriles is 1. The van der Waals surface area contributed by atoms with E-state index in [4.69, 9.17) is 10.00 Å². The Labute approximate surface area is 172 Å². The second kappa shape index (κ2) is 7.70. The van der Waals surface area contributed by atoms with Gasteiger partial charge in [0, 0.05) is 50.6 Å². The van der Waals surface area contributed by atoms with Gasteiger partial charge in [0.2, 0.25) is 11.5 Å². The van der Waals surface area contributed by atoms with Crippen LogP contribution < -0.4 is 10.2 Å². The number of aliphatic hydroxyl groups is 1. The van der Waals surface area contributed by atoms with E-state index >= 15 is 0 Å². The molecule has 2 amide bonds. The molecule has 2 aliphatic rings. The molecule has 3 heterocycles. The van der Waals surface area contributed by atoms with Gasteiger partial charge in [-0.15, -0.1) is 0 Å². The number of methoxy groups -OCH3 is 1. The van der Waals surface area contributed by atoms with E-state index in [0.29, 0.717) is 30.2 Å². The molecule has 0 saturated carbocycles. The molecule has 2 saturated heterocycles. The summed E-state index contributed by atoms with van der Waals surface area (Å²) in [6, 6.07) is 10.1. The molecule has 0 radical (unpaired) electrons. The summed E-state index contributed by atoms with van der Waals surface area (Å²) in [5, 5.41) is 22.1. The molecule has 0 aliphatic carbocycles. The van der Waals surface area contributed by atoms with E-state index in [9.17, 15) is 14.7 Å². The summed E-state index contributed by atoms with van der Waals surface area (Å²) >= 11 is 0. The fraction of sp³-hybridized carbons (Fsp3) is 0.350. The largest absolute Gasteiger partial charge is 0.378 e. The number of ether oxygens (including phenoxy) is 1. The van der Waals surface area contributed by atoms with Gasteiger partial charge < -0.3 is 20.1 Å². The summed E-state index contributed by atoms with van der Waals surface area (Å²) in [5.74, 6) is -0.205. The highest BCUT2D eigenvalue weighted by molar-refractivity contribution is 6.03. The molecule has 1 aromatic heterocycles. The van der Waals surface area contributed by atoms with Gasteiger partial charge in [-0.1, -0.05) is 0 Å². The first-order valence-corrected chi connectivity index (χ1v) is 9.41. The van der Waals surface area contributed by atoms with Gasteiger partial charge in [0.25, 0.3) is 11.8 Å². The molecule has 30 heavy (non-hydrogen) atoms. The smallest absolute Gasteiger partial charge is 0.275 e. The van der Waals surface area contributed by atoms with Crippen molar-refractivity contribution in [1.29, 1.82) is 5.26 Å². The third-order valence-corrected chi connectivity index (χ3v) is 5.26. The van der Waals surface area contributed by atoms with Crippen molar-refractivity contribution < 1.29 is 19.4 Å². The molecule has 4 rings (SSSR count). The van der Waals surface area contributed by atoms with Crippen LogP contribution >= 0.6 is 0 Å². The Morgan fingerprint density at radius 1 is 1.33 bits per heavy atom. The van der Waals surface area contributed by atoms with Gasteiger partial charge in [-0.25, -0.2) is 4.98 Å². The second-order valence-electron chi connectivity index (χ2n) is 7.19. The van der Waals surface area contributed by atoms with E-state index in [0.717, 1.165) is 0 Å². The minimum absolute atomic E-state index is 0.0206. The number of likely N-dealkylation sites (tertiary alicyclic amines) is 1. The normalized spacial score (nSPS) is 21.3. The quantitative estimate of drug-likeness (QED) is 0.691. The Kier molecular flexibility index (Phi) is 5.07. The molecule has 154 valence electrons. The molecule has 0 spiro atoms. The predicted molar refractivity (Wildman–Crippen MR) is 106 cm³/mol. The summed E-state index contributed by atoms with van der Waals surface area (Å²) in [6.45, 7) is 1.37. The Balaban J connectivity index is 1.43. The van der Waals surface area contributed by atoms with Crippen LogP contribution in [0.5, 0.6) is 0 Å². The van der Waals surface area contributed by atoms with E-state index < -0.39 is 11.5 Å². The van der Waals surface area contributed by atoms with Crippen molar-refractivity contribution >= 4 is 29.3 Å². The Morgan fingerprint density at radius 3 is 2.70 bits per heavy atom. The summed E-state index contributed by atoms with van der Waals surface area (Å²) in [7, 11) is 1.63. The van der Waals surface area contributed by atoms with Gasteiger partial charge in [-0.3, -0.25) is 14.5 Å².